The lowest BCUT2D eigenvalue weighted by molar-refractivity contribution is -0.239. The van der Waals surface area contributed by atoms with Gasteiger partial charge in [-0.05, 0) is 45.4 Å². The van der Waals surface area contributed by atoms with Gasteiger partial charge in [0, 0.05) is 5.39 Å². The number of nitrogens with zero attached hydrogens (tertiary/aromatic N) is 1. The molecule has 1 radical (unpaired) electrons. The molecule has 6 heteroatoms. The van der Waals surface area contributed by atoms with Crippen molar-refractivity contribution in [2.75, 3.05) is 6.61 Å². The Labute approximate surface area is 145 Å². The van der Waals surface area contributed by atoms with E-state index in [1.54, 1.807) is 58.0 Å². The van der Waals surface area contributed by atoms with Crippen molar-refractivity contribution in [2.45, 2.75) is 38.8 Å². The van der Waals surface area contributed by atoms with E-state index >= 15 is 0 Å². The molecule has 1 aromatic heterocycles. The Hall–Kier alpha value is -2.44. The molecule has 0 spiro atoms. The van der Waals surface area contributed by atoms with Gasteiger partial charge in [-0.2, -0.15) is 0 Å². The Bertz CT molecular complexity index is 923. The average molecular weight is 342 g/mol. The lowest BCUT2D eigenvalue weighted by Crippen LogP contribution is -2.47. The van der Waals surface area contributed by atoms with Crippen LogP contribution in [0.5, 0.6) is 0 Å². The molecule has 0 saturated carbocycles. The van der Waals surface area contributed by atoms with E-state index in [1.165, 1.54) is 6.07 Å². The zero-order chi connectivity index (χ0) is 18.4. The van der Waals surface area contributed by atoms with Gasteiger partial charge in [0.25, 0.3) is 0 Å². The first-order chi connectivity index (χ1) is 11.6. The van der Waals surface area contributed by atoms with Crippen LogP contribution in [0.15, 0.2) is 51.2 Å². The van der Waals surface area contributed by atoms with E-state index in [0.717, 1.165) is 5.06 Å². The zero-order valence-corrected chi connectivity index (χ0v) is 14.7. The van der Waals surface area contributed by atoms with Gasteiger partial charge in [-0.1, -0.05) is 24.3 Å². The summed E-state index contributed by atoms with van der Waals surface area (Å²) in [6, 6.07) is 8.39. The second kappa shape index (κ2) is 5.82. The van der Waals surface area contributed by atoms with Crippen LogP contribution in [0.4, 0.5) is 0 Å². The molecule has 0 bridgehead atoms. The first-order valence-electron chi connectivity index (χ1n) is 8.02. The van der Waals surface area contributed by atoms with Gasteiger partial charge < -0.3 is 9.15 Å². The molecule has 0 N–H and O–H groups in total. The summed E-state index contributed by atoms with van der Waals surface area (Å²) in [5, 5.41) is 14.0. The van der Waals surface area contributed by atoms with Gasteiger partial charge in [0.2, 0.25) is 0 Å². The highest BCUT2D eigenvalue weighted by atomic mass is 16.5. The molecule has 0 atom stereocenters. The van der Waals surface area contributed by atoms with Crippen LogP contribution in [0, 0.1) is 0 Å². The second-order valence-corrected chi connectivity index (χ2v) is 7.24. The summed E-state index contributed by atoms with van der Waals surface area (Å²) in [5.41, 5.74) is -1.24. The molecule has 3 rings (SSSR count). The first-order valence-corrected chi connectivity index (χ1v) is 8.02. The molecule has 2 aromatic rings. The minimum Gasteiger partial charge on any atom is -0.457 e. The molecule has 131 valence electrons. The van der Waals surface area contributed by atoms with E-state index in [-0.39, 0.29) is 12.2 Å². The van der Waals surface area contributed by atoms with Crippen molar-refractivity contribution in [3.8, 4) is 0 Å². The fourth-order valence-electron chi connectivity index (χ4n) is 3.16. The Morgan fingerprint density at radius 1 is 1.20 bits per heavy atom. The first kappa shape index (κ1) is 17.4. The van der Waals surface area contributed by atoms with Crippen molar-refractivity contribution in [1.82, 2.24) is 5.06 Å². The van der Waals surface area contributed by atoms with Gasteiger partial charge in [-0.15, -0.1) is 10.3 Å². The minimum absolute atomic E-state index is 0.0553. The molecular formula is C19H20NO5. The number of hydrogen-bond donors (Lipinski definition) is 0. The Kier molecular flexibility index (Phi) is 4.05. The van der Waals surface area contributed by atoms with Gasteiger partial charge in [0.1, 0.15) is 17.8 Å². The number of rotatable bonds is 3. The summed E-state index contributed by atoms with van der Waals surface area (Å²) in [6.07, 6.45) is 1.80. The van der Waals surface area contributed by atoms with Crippen LogP contribution in [-0.2, 0) is 9.94 Å². The van der Waals surface area contributed by atoms with Crippen molar-refractivity contribution >= 4 is 16.9 Å². The number of para-hydroxylation sites is 1. The Morgan fingerprint density at radius 2 is 1.88 bits per heavy atom. The Morgan fingerprint density at radius 3 is 2.52 bits per heavy atom. The Balaban J connectivity index is 1.82. The summed E-state index contributed by atoms with van der Waals surface area (Å²) < 4.78 is 10.4. The van der Waals surface area contributed by atoms with E-state index in [0.29, 0.717) is 16.5 Å². The van der Waals surface area contributed by atoms with E-state index in [1.807, 2.05) is 0 Å². The number of carbonyl (C=O) groups is 1. The fraction of sp³-hybridized carbons (Fsp3) is 0.368. The third kappa shape index (κ3) is 2.99. The van der Waals surface area contributed by atoms with Gasteiger partial charge in [-0.3, -0.25) is 0 Å². The topological polar surface area (TPSA) is 79.7 Å². The number of carbonyl (C=O) groups excluding carboxylic acids is 1. The van der Waals surface area contributed by atoms with Gasteiger partial charge in [0.05, 0.1) is 11.1 Å². The van der Waals surface area contributed by atoms with Crippen LogP contribution in [-0.4, -0.2) is 28.7 Å². The van der Waals surface area contributed by atoms with E-state index in [4.69, 9.17) is 9.15 Å². The predicted molar refractivity (Wildman–Crippen MR) is 91.5 cm³/mol. The fourth-order valence-corrected chi connectivity index (χ4v) is 3.16. The molecule has 1 aliphatic rings. The molecule has 1 aromatic carbocycles. The summed E-state index contributed by atoms with van der Waals surface area (Å²) in [7, 11) is 0. The number of ether oxygens (including phenoxy) is 1. The largest absolute Gasteiger partial charge is 0.457 e. The lowest BCUT2D eigenvalue weighted by atomic mass is 9.97. The van der Waals surface area contributed by atoms with E-state index < -0.39 is 22.7 Å². The third-order valence-corrected chi connectivity index (χ3v) is 4.56. The highest BCUT2D eigenvalue weighted by Crippen LogP contribution is 2.38. The summed E-state index contributed by atoms with van der Waals surface area (Å²) in [5.74, 6) is -0.765. The smallest absolute Gasteiger partial charge is 0.351 e. The summed E-state index contributed by atoms with van der Waals surface area (Å²) in [6.45, 7) is 7.10. The highest BCUT2D eigenvalue weighted by Gasteiger charge is 2.46. The molecule has 25 heavy (non-hydrogen) atoms. The molecule has 0 aliphatic carbocycles. The number of esters is 1. The maximum absolute atomic E-state index is 12.3. The van der Waals surface area contributed by atoms with Crippen molar-refractivity contribution in [2.24, 2.45) is 0 Å². The van der Waals surface area contributed by atoms with Crippen LogP contribution >= 0.6 is 0 Å². The number of benzene rings is 1. The number of hydrogen-bond acceptors (Lipinski definition) is 5. The molecule has 1 aliphatic heterocycles. The van der Waals surface area contributed by atoms with Crippen LogP contribution in [0.25, 0.3) is 11.0 Å². The van der Waals surface area contributed by atoms with Gasteiger partial charge in [0.15, 0.2) is 0 Å². The lowest BCUT2D eigenvalue weighted by Gasteiger charge is -2.33. The van der Waals surface area contributed by atoms with Crippen molar-refractivity contribution in [3.05, 3.63) is 58.0 Å². The van der Waals surface area contributed by atoms with Crippen LogP contribution in [0.2, 0.25) is 0 Å². The molecular weight excluding hydrogens is 322 g/mol. The second-order valence-electron chi connectivity index (χ2n) is 7.24. The molecule has 0 saturated heterocycles. The van der Waals surface area contributed by atoms with Gasteiger partial charge in [-0.25, -0.2) is 9.59 Å². The standard InChI is InChI=1S/C19H20NO5/c1-18(2)10-13(19(3,4)20(18)23)11-24-16(21)14-9-12-7-5-6-8-15(12)25-17(14)22/h5-10H,11H2,1-4H3. The molecule has 0 fully saturated rings. The molecule has 2 heterocycles. The average Bonchev–Trinajstić information content (AvgIpc) is 2.71. The number of fused-ring (bicyclic) bond motifs is 1. The van der Waals surface area contributed by atoms with Crippen molar-refractivity contribution in [1.29, 1.82) is 0 Å². The van der Waals surface area contributed by atoms with Crippen LogP contribution < -0.4 is 5.63 Å². The maximum Gasteiger partial charge on any atom is 0.351 e. The predicted octanol–water partition coefficient (Wildman–Crippen LogP) is 3.09. The van der Waals surface area contributed by atoms with Gasteiger partial charge >= 0.3 is 11.6 Å². The third-order valence-electron chi connectivity index (χ3n) is 4.56. The summed E-state index contributed by atoms with van der Waals surface area (Å²) >= 11 is 0. The monoisotopic (exact) mass is 342 g/mol. The van der Waals surface area contributed by atoms with Crippen LogP contribution in [0.3, 0.4) is 0 Å². The van der Waals surface area contributed by atoms with E-state index in [2.05, 4.69) is 0 Å². The SMILES string of the molecule is CC1(C)C=C(COC(=O)c2cc3ccccc3oc2=O)C(C)(C)N1[O]. The normalized spacial score (nSPS) is 19.0. The summed E-state index contributed by atoms with van der Waals surface area (Å²) in [4.78, 5) is 24.3. The zero-order valence-electron chi connectivity index (χ0n) is 14.7. The highest BCUT2D eigenvalue weighted by molar-refractivity contribution is 5.92. The van der Waals surface area contributed by atoms with E-state index in [9.17, 15) is 14.8 Å². The maximum atomic E-state index is 12.3. The van der Waals surface area contributed by atoms with Crippen LogP contribution in [0.1, 0.15) is 38.1 Å². The number of hydroxylamine groups is 2. The molecule has 0 amide bonds. The van der Waals surface area contributed by atoms with Crippen molar-refractivity contribution < 1.29 is 19.2 Å². The quantitative estimate of drug-likeness (QED) is 0.486. The molecule has 6 nitrogen and oxygen atoms in total. The van der Waals surface area contributed by atoms with Crippen molar-refractivity contribution in [3.63, 3.8) is 0 Å². The molecule has 0 unspecified atom stereocenters. The minimum atomic E-state index is -0.780.